The molecule has 2 aromatic carbocycles. The lowest BCUT2D eigenvalue weighted by molar-refractivity contribution is -0.385. The number of hydrogen-bond donors (Lipinski definition) is 0. The highest BCUT2D eigenvalue weighted by molar-refractivity contribution is 7.99. The highest BCUT2D eigenvalue weighted by Gasteiger charge is 2.14. The van der Waals surface area contributed by atoms with Crippen LogP contribution < -0.4 is 0 Å². The van der Waals surface area contributed by atoms with E-state index in [1.54, 1.807) is 22.9 Å². The van der Waals surface area contributed by atoms with Crippen molar-refractivity contribution in [2.45, 2.75) is 12.1 Å². The van der Waals surface area contributed by atoms with Crippen LogP contribution in [0.4, 0.5) is 5.69 Å². The number of nitrogens with zero attached hydrogens (tertiary/aromatic N) is 5. The maximum atomic E-state index is 11.1. The van der Waals surface area contributed by atoms with E-state index in [9.17, 15) is 10.1 Å². The lowest BCUT2D eigenvalue weighted by Gasteiger charge is -2.03. The molecule has 0 aliphatic heterocycles. The van der Waals surface area contributed by atoms with Gasteiger partial charge in [0.25, 0.3) is 5.69 Å². The zero-order valence-electron chi connectivity index (χ0n) is 13.4. The molecule has 0 radical (unpaired) electrons. The van der Waals surface area contributed by atoms with Gasteiger partial charge in [-0.15, -0.1) is 10.2 Å². The number of nitro benzene ring substituents is 1. The number of hydrogen-bond acceptors (Lipinski definition) is 6. The number of para-hydroxylation sites is 1. The van der Waals surface area contributed by atoms with Gasteiger partial charge >= 0.3 is 0 Å². The van der Waals surface area contributed by atoms with E-state index in [0.29, 0.717) is 16.5 Å². The van der Waals surface area contributed by atoms with Gasteiger partial charge in [0.1, 0.15) is 0 Å². The molecule has 0 fully saturated rings. The smallest absolute Gasteiger partial charge is 0.258 e. The molecule has 0 N–H and O–H groups in total. The Morgan fingerprint density at radius 3 is 2.60 bits per heavy atom. The first-order valence-corrected chi connectivity index (χ1v) is 8.60. The molecule has 7 nitrogen and oxygen atoms in total. The van der Waals surface area contributed by atoms with Gasteiger partial charge in [0.2, 0.25) is 5.16 Å². The second kappa shape index (κ2) is 7.71. The van der Waals surface area contributed by atoms with Crippen molar-refractivity contribution < 1.29 is 4.92 Å². The van der Waals surface area contributed by atoms with E-state index >= 15 is 0 Å². The standard InChI is InChI=1S/C17H15N5O2S/c1-2-25-17-20-19-16(13-8-4-3-5-9-13)21(17)18-12-14-10-6-7-11-15(14)22(23)24/h3-12H,2H2,1H3. The molecule has 8 heteroatoms. The van der Waals surface area contributed by atoms with Gasteiger partial charge in [-0.3, -0.25) is 10.1 Å². The van der Waals surface area contributed by atoms with Crippen LogP contribution in [0.5, 0.6) is 0 Å². The predicted octanol–water partition coefficient (Wildman–Crippen LogP) is 3.85. The van der Waals surface area contributed by atoms with Gasteiger partial charge in [0.15, 0.2) is 5.82 Å². The first-order valence-electron chi connectivity index (χ1n) is 7.62. The number of aromatic nitrogens is 3. The Morgan fingerprint density at radius 2 is 1.88 bits per heavy atom. The Kier molecular flexibility index (Phi) is 5.20. The van der Waals surface area contributed by atoms with Gasteiger partial charge in [0, 0.05) is 11.6 Å². The monoisotopic (exact) mass is 353 g/mol. The van der Waals surface area contributed by atoms with E-state index in [1.165, 1.54) is 24.0 Å². The summed E-state index contributed by atoms with van der Waals surface area (Å²) in [7, 11) is 0. The van der Waals surface area contributed by atoms with Crippen molar-refractivity contribution in [1.82, 2.24) is 14.9 Å². The molecule has 0 bridgehead atoms. The van der Waals surface area contributed by atoms with Crippen molar-refractivity contribution in [3.63, 3.8) is 0 Å². The van der Waals surface area contributed by atoms with Gasteiger partial charge in [-0.05, 0) is 11.8 Å². The molecule has 1 aromatic heterocycles. The average Bonchev–Trinajstić information content (AvgIpc) is 3.04. The third-order valence-corrected chi connectivity index (χ3v) is 4.16. The van der Waals surface area contributed by atoms with Crippen molar-refractivity contribution in [1.29, 1.82) is 0 Å². The Morgan fingerprint density at radius 1 is 1.16 bits per heavy atom. The molecule has 25 heavy (non-hydrogen) atoms. The fourth-order valence-corrected chi connectivity index (χ4v) is 2.85. The van der Waals surface area contributed by atoms with Crippen molar-refractivity contribution in [3.8, 4) is 11.4 Å². The van der Waals surface area contributed by atoms with Gasteiger partial charge in [-0.25, -0.2) is 0 Å². The molecule has 0 spiro atoms. The fourth-order valence-electron chi connectivity index (χ4n) is 2.24. The molecule has 3 aromatic rings. The number of thioether (sulfide) groups is 1. The summed E-state index contributed by atoms with van der Waals surface area (Å²) < 4.78 is 1.61. The second-order valence-corrected chi connectivity index (χ2v) is 6.21. The van der Waals surface area contributed by atoms with Gasteiger partial charge in [0.05, 0.1) is 16.7 Å². The average molecular weight is 353 g/mol. The van der Waals surface area contributed by atoms with E-state index in [2.05, 4.69) is 15.3 Å². The van der Waals surface area contributed by atoms with Crippen LogP contribution in [0.1, 0.15) is 12.5 Å². The first-order chi connectivity index (χ1) is 12.2. The van der Waals surface area contributed by atoms with Crippen LogP contribution in [0.15, 0.2) is 64.9 Å². The number of rotatable bonds is 6. The molecule has 0 atom stereocenters. The van der Waals surface area contributed by atoms with Crippen molar-refractivity contribution in [3.05, 3.63) is 70.3 Å². The van der Waals surface area contributed by atoms with Crippen LogP contribution >= 0.6 is 11.8 Å². The highest BCUT2D eigenvalue weighted by atomic mass is 32.2. The van der Waals surface area contributed by atoms with Crippen molar-refractivity contribution in [2.75, 3.05) is 5.75 Å². The Balaban J connectivity index is 2.04. The molecule has 0 saturated heterocycles. The predicted molar refractivity (Wildman–Crippen MR) is 97.9 cm³/mol. The summed E-state index contributed by atoms with van der Waals surface area (Å²) in [5, 5.41) is 24.6. The fraction of sp³-hybridized carbons (Fsp3) is 0.118. The van der Waals surface area contributed by atoms with E-state index < -0.39 is 4.92 Å². The molecule has 3 rings (SSSR count). The summed E-state index contributed by atoms with van der Waals surface area (Å²) in [6.07, 6.45) is 1.47. The topological polar surface area (TPSA) is 86.2 Å². The summed E-state index contributed by atoms with van der Waals surface area (Å²) >= 11 is 1.50. The quantitative estimate of drug-likeness (QED) is 0.291. The van der Waals surface area contributed by atoms with Crippen LogP contribution in [0.2, 0.25) is 0 Å². The molecule has 0 saturated carbocycles. The maximum Gasteiger partial charge on any atom is 0.278 e. The van der Waals surface area contributed by atoms with Gasteiger partial charge < -0.3 is 0 Å². The van der Waals surface area contributed by atoms with Gasteiger partial charge in [-0.2, -0.15) is 9.78 Å². The zero-order valence-corrected chi connectivity index (χ0v) is 14.3. The lowest BCUT2D eigenvalue weighted by Crippen LogP contribution is -1.99. The highest BCUT2D eigenvalue weighted by Crippen LogP contribution is 2.24. The third-order valence-electron chi connectivity index (χ3n) is 3.36. The van der Waals surface area contributed by atoms with Crippen LogP contribution in [0, 0.1) is 10.1 Å². The van der Waals surface area contributed by atoms with E-state index in [1.807, 2.05) is 37.3 Å². The second-order valence-electron chi connectivity index (χ2n) is 4.98. The zero-order chi connectivity index (χ0) is 17.6. The molecule has 126 valence electrons. The molecule has 0 unspecified atom stereocenters. The molecular weight excluding hydrogens is 338 g/mol. The van der Waals surface area contributed by atoms with Crippen LogP contribution in [-0.2, 0) is 0 Å². The Labute approximate surface area is 148 Å². The molecule has 1 heterocycles. The van der Waals surface area contributed by atoms with Crippen molar-refractivity contribution in [2.24, 2.45) is 5.10 Å². The molecule has 0 aliphatic rings. The summed E-state index contributed by atoms with van der Waals surface area (Å²) in [5.41, 5.74) is 1.30. The minimum atomic E-state index is -0.423. The Hall–Kier alpha value is -3.00. The Bertz CT molecular complexity index is 908. The summed E-state index contributed by atoms with van der Waals surface area (Å²) in [6.45, 7) is 2.01. The molecule has 0 amide bonds. The van der Waals surface area contributed by atoms with Crippen LogP contribution in [0.3, 0.4) is 0 Å². The van der Waals surface area contributed by atoms with Crippen molar-refractivity contribution >= 4 is 23.7 Å². The van der Waals surface area contributed by atoms with E-state index in [0.717, 1.165) is 11.3 Å². The summed E-state index contributed by atoms with van der Waals surface area (Å²) in [5.74, 6) is 1.40. The van der Waals surface area contributed by atoms with E-state index in [-0.39, 0.29) is 5.69 Å². The third kappa shape index (κ3) is 3.74. The van der Waals surface area contributed by atoms with Crippen LogP contribution in [0.25, 0.3) is 11.4 Å². The summed E-state index contributed by atoms with van der Waals surface area (Å²) in [6, 6.07) is 16.0. The largest absolute Gasteiger partial charge is 0.278 e. The minimum Gasteiger partial charge on any atom is -0.258 e. The van der Waals surface area contributed by atoms with Crippen LogP contribution in [-0.4, -0.2) is 31.8 Å². The maximum absolute atomic E-state index is 11.1. The summed E-state index contributed by atoms with van der Waals surface area (Å²) in [4.78, 5) is 10.7. The SMILES string of the molecule is CCSc1nnc(-c2ccccc2)n1N=Cc1ccccc1[N+](=O)[O-]. The number of benzene rings is 2. The first kappa shape index (κ1) is 16.8. The molecular formula is C17H15N5O2S. The van der Waals surface area contributed by atoms with Gasteiger partial charge in [-0.1, -0.05) is 61.2 Å². The number of nitro groups is 1. The minimum absolute atomic E-state index is 0.00489. The molecule has 0 aliphatic carbocycles. The lowest BCUT2D eigenvalue weighted by atomic mass is 10.2. The normalized spacial score (nSPS) is 11.1. The van der Waals surface area contributed by atoms with E-state index in [4.69, 9.17) is 0 Å².